The number of benzene rings is 1. The second-order valence-corrected chi connectivity index (χ2v) is 8.26. The Balaban J connectivity index is 1.82. The fraction of sp³-hybridized carbons (Fsp3) is 0.348. The van der Waals surface area contributed by atoms with E-state index in [-0.39, 0.29) is 18.2 Å². The highest BCUT2D eigenvalue weighted by Gasteiger charge is 2.31. The van der Waals surface area contributed by atoms with Gasteiger partial charge in [0.1, 0.15) is 0 Å². The zero-order valence-corrected chi connectivity index (χ0v) is 18.5. The summed E-state index contributed by atoms with van der Waals surface area (Å²) in [6, 6.07) is 9.19. The maximum atomic E-state index is 12.7. The van der Waals surface area contributed by atoms with E-state index in [9.17, 15) is 9.59 Å². The average molecular weight is 441 g/mol. The quantitative estimate of drug-likeness (QED) is 0.555. The van der Waals surface area contributed by atoms with Crippen LogP contribution in [-0.4, -0.2) is 26.9 Å². The summed E-state index contributed by atoms with van der Waals surface area (Å²) in [6.45, 7) is 3.82. The van der Waals surface area contributed by atoms with Crippen molar-refractivity contribution in [1.29, 1.82) is 0 Å². The summed E-state index contributed by atoms with van der Waals surface area (Å²) in [5.41, 5.74) is 3.26. The van der Waals surface area contributed by atoms with Crippen LogP contribution in [0.5, 0.6) is 0 Å². The molecule has 162 valence electrons. The maximum absolute atomic E-state index is 12.7. The van der Waals surface area contributed by atoms with Crippen LogP contribution < -0.4 is 10.9 Å². The summed E-state index contributed by atoms with van der Waals surface area (Å²) in [6.07, 6.45) is 5.75. The monoisotopic (exact) mass is 440 g/mol. The number of aromatic nitrogens is 3. The van der Waals surface area contributed by atoms with Crippen molar-refractivity contribution in [1.82, 2.24) is 14.3 Å². The van der Waals surface area contributed by atoms with Crippen LogP contribution in [0.1, 0.15) is 59.0 Å². The number of ether oxygens (including phenoxy) is 1. The highest BCUT2D eigenvalue weighted by atomic mass is 35.5. The third-order valence-corrected chi connectivity index (χ3v) is 5.59. The van der Waals surface area contributed by atoms with Crippen molar-refractivity contribution in [2.75, 3.05) is 11.9 Å². The van der Waals surface area contributed by atoms with Gasteiger partial charge in [0.25, 0.3) is 5.56 Å². The van der Waals surface area contributed by atoms with Gasteiger partial charge in [-0.3, -0.25) is 9.48 Å². The standard InChI is InChI=1S/C23H25ClN4O3/c1-4-31-23(30)21-19(13-28(26-21)18-9-10-18)20(15-5-7-16(24)8-6-15)25-17-11-14(2)22(29)27(3)12-17/h5-8,11-13,18,20,25H,4,9-10H2,1-3H3. The molecular formula is C23H25ClN4O3. The SMILES string of the molecule is CCOC(=O)c1nn(C2CC2)cc1C(Nc1cc(C)c(=O)n(C)c1)c1ccc(Cl)cc1. The number of pyridine rings is 1. The van der Waals surface area contributed by atoms with Gasteiger partial charge in [-0.05, 0) is 50.5 Å². The Morgan fingerprint density at radius 1 is 1.29 bits per heavy atom. The van der Waals surface area contributed by atoms with Crippen LogP contribution in [0.25, 0.3) is 0 Å². The first-order valence-electron chi connectivity index (χ1n) is 10.3. The Kier molecular flexibility index (Phi) is 5.87. The minimum absolute atomic E-state index is 0.0534. The van der Waals surface area contributed by atoms with E-state index in [1.54, 1.807) is 33.2 Å². The number of aryl methyl sites for hydroxylation is 2. The molecule has 31 heavy (non-hydrogen) atoms. The van der Waals surface area contributed by atoms with Gasteiger partial charge in [0.05, 0.1) is 24.4 Å². The Bertz CT molecular complexity index is 1140. The normalized spacial score (nSPS) is 14.3. The summed E-state index contributed by atoms with van der Waals surface area (Å²) in [5, 5.41) is 8.68. The van der Waals surface area contributed by atoms with E-state index in [1.165, 1.54) is 4.57 Å². The van der Waals surface area contributed by atoms with Crippen LogP contribution in [0.3, 0.4) is 0 Å². The van der Waals surface area contributed by atoms with E-state index in [0.29, 0.717) is 22.3 Å². The number of esters is 1. The third kappa shape index (κ3) is 4.51. The molecule has 1 fully saturated rings. The van der Waals surface area contributed by atoms with Crippen molar-refractivity contribution in [2.45, 2.75) is 38.8 Å². The van der Waals surface area contributed by atoms with Crippen molar-refractivity contribution >= 4 is 23.3 Å². The summed E-state index contributed by atoms with van der Waals surface area (Å²) in [5.74, 6) is -0.450. The summed E-state index contributed by atoms with van der Waals surface area (Å²) >= 11 is 6.11. The number of nitrogens with one attached hydrogen (secondary N) is 1. The number of carbonyl (C=O) groups is 1. The molecule has 0 spiro atoms. The van der Waals surface area contributed by atoms with Crippen LogP contribution in [0.15, 0.2) is 47.5 Å². The fourth-order valence-corrected chi connectivity index (χ4v) is 3.75. The van der Waals surface area contributed by atoms with Crippen molar-refractivity contribution < 1.29 is 9.53 Å². The molecule has 2 heterocycles. The highest BCUT2D eigenvalue weighted by Crippen LogP contribution is 2.37. The number of rotatable bonds is 7. The molecule has 1 unspecified atom stereocenters. The average Bonchev–Trinajstić information content (AvgIpc) is 3.50. The molecule has 0 amide bonds. The molecule has 7 nitrogen and oxygen atoms in total. The molecule has 1 aliphatic rings. The number of hydrogen-bond donors (Lipinski definition) is 1. The maximum Gasteiger partial charge on any atom is 0.359 e. The lowest BCUT2D eigenvalue weighted by Crippen LogP contribution is -2.21. The molecule has 2 aromatic heterocycles. The number of nitrogens with zero attached hydrogens (tertiary/aromatic N) is 3. The zero-order chi connectivity index (χ0) is 22.1. The first kappa shape index (κ1) is 21.2. The van der Waals surface area contributed by atoms with Crippen molar-refractivity contribution in [2.24, 2.45) is 7.05 Å². The molecule has 4 rings (SSSR count). The number of halogens is 1. The summed E-state index contributed by atoms with van der Waals surface area (Å²) < 4.78 is 8.68. The summed E-state index contributed by atoms with van der Waals surface area (Å²) in [4.78, 5) is 24.9. The molecule has 3 aromatic rings. The molecule has 1 aliphatic carbocycles. The fourth-order valence-electron chi connectivity index (χ4n) is 3.62. The Hall–Kier alpha value is -3.06. The van der Waals surface area contributed by atoms with Crippen LogP contribution in [0, 0.1) is 6.92 Å². The second-order valence-electron chi connectivity index (χ2n) is 7.82. The minimum atomic E-state index is -0.450. The van der Waals surface area contributed by atoms with Gasteiger partial charge in [0, 0.05) is 35.6 Å². The predicted octanol–water partition coefficient (Wildman–Crippen LogP) is 4.26. The third-order valence-electron chi connectivity index (χ3n) is 5.34. The molecule has 0 radical (unpaired) electrons. The van der Waals surface area contributed by atoms with Gasteiger partial charge < -0.3 is 14.6 Å². The van der Waals surface area contributed by atoms with E-state index >= 15 is 0 Å². The van der Waals surface area contributed by atoms with Crippen molar-refractivity contribution in [3.63, 3.8) is 0 Å². The predicted molar refractivity (Wildman–Crippen MR) is 120 cm³/mol. The second kappa shape index (κ2) is 8.59. The Morgan fingerprint density at radius 3 is 2.61 bits per heavy atom. The molecule has 0 bridgehead atoms. The lowest BCUT2D eigenvalue weighted by Gasteiger charge is -2.21. The van der Waals surface area contributed by atoms with E-state index in [2.05, 4.69) is 10.4 Å². The first-order chi connectivity index (χ1) is 14.9. The van der Waals surface area contributed by atoms with Crippen LogP contribution >= 0.6 is 11.6 Å². The Labute approximate surface area is 185 Å². The van der Waals surface area contributed by atoms with Gasteiger partial charge in [-0.25, -0.2) is 4.79 Å². The van der Waals surface area contributed by atoms with Gasteiger partial charge in [-0.2, -0.15) is 5.10 Å². The smallest absolute Gasteiger partial charge is 0.359 e. The molecule has 1 atom stereocenters. The topological polar surface area (TPSA) is 78.2 Å². The van der Waals surface area contributed by atoms with Gasteiger partial charge in [-0.1, -0.05) is 23.7 Å². The van der Waals surface area contributed by atoms with E-state index in [1.807, 2.05) is 35.1 Å². The number of carbonyl (C=O) groups excluding carboxylic acids is 1. The molecule has 0 saturated heterocycles. The molecule has 0 aliphatic heterocycles. The highest BCUT2D eigenvalue weighted by molar-refractivity contribution is 6.30. The lowest BCUT2D eigenvalue weighted by molar-refractivity contribution is 0.0517. The minimum Gasteiger partial charge on any atom is -0.461 e. The molecule has 1 N–H and O–H groups in total. The molecule has 8 heteroatoms. The summed E-state index contributed by atoms with van der Waals surface area (Å²) in [7, 11) is 1.72. The Morgan fingerprint density at radius 2 is 2.00 bits per heavy atom. The zero-order valence-electron chi connectivity index (χ0n) is 17.8. The van der Waals surface area contributed by atoms with E-state index < -0.39 is 5.97 Å². The van der Waals surface area contributed by atoms with Gasteiger partial charge >= 0.3 is 5.97 Å². The number of anilines is 1. The van der Waals surface area contributed by atoms with Crippen LogP contribution in [0.4, 0.5) is 5.69 Å². The van der Waals surface area contributed by atoms with E-state index in [0.717, 1.165) is 29.7 Å². The largest absolute Gasteiger partial charge is 0.461 e. The van der Waals surface area contributed by atoms with E-state index in [4.69, 9.17) is 16.3 Å². The van der Waals surface area contributed by atoms with Gasteiger partial charge in [0.15, 0.2) is 5.69 Å². The number of hydrogen-bond acceptors (Lipinski definition) is 5. The lowest BCUT2D eigenvalue weighted by atomic mass is 9.98. The van der Waals surface area contributed by atoms with Gasteiger partial charge in [0.2, 0.25) is 0 Å². The molecule has 1 saturated carbocycles. The van der Waals surface area contributed by atoms with Crippen LogP contribution in [-0.2, 0) is 11.8 Å². The molecule has 1 aromatic carbocycles. The van der Waals surface area contributed by atoms with Crippen molar-refractivity contribution in [3.8, 4) is 0 Å². The molecular weight excluding hydrogens is 416 g/mol. The first-order valence-corrected chi connectivity index (χ1v) is 10.7. The van der Waals surface area contributed by atoms with Gasteiger partial charge in [-0.15, -0.1) is 0 Å². The van der Waals surface area contributed by atoms with Crippen LogP contribution in [0.2, 0.25) is 5.02 Å². The van der Waals surface area contributed by atoms with Crippen molar-refractivity contribution in [3.05, 3.63) is 80.5 Å².